The van der Waals surface area contributed by atoms with Crippen molar-refractivity contribution >= 4 is 5.91 Å². The molecule has 1 aliphatic rings. The van der Waals surface area contributed by atoms with Gasteiger partial charge in [-0.2, -0.15) is 4.98 Å². The lowest BCUT2D eigenvalue weighted by atomic mass is 9.78. The van der Waals surface area contributed by atoms with Crippen LogP contribution in [0.4, 0.5) is 0 Å². The number of aromatic nitrogens is 2. The summed E-state index contributed by atoms with van der Waals surface area (Å²) in [6.07, 6.45) is 2.15. The van der Waals surface area contributed by atoms with Crippen molar-refractivity contribution in [1.29, 1.82) is 0 Å². The van der Waals surface area contributed by atoms with Gasteiger partial charge in [0.25, 0.3) is 0 Å². The predicted octanol–water partition coefficient (Wildman–Crippen LogP) is 0.0529. The molecule has 1 aliphatic heterocycles. The molecule has 2 heterocycles. The molecule has 0 atom stereocenters. The molecule has 1 aromatic heterocycles. The first-order chi connectivity index (χ1) is 9.66. The maximum absolute atomic E-state index is 12.4. The molecule has 112 valence electrons. The molecule has 0 aromatic carbocycles. The molecule has 1 saturated heterocycles. The quantitative estimate of drug-likeness (QED) is 0.766. The number of methoxy groups -OCH3 is 1. The van der Waals surface area contributed by atoms with Crippen LogP contribution in [-0.2, 0) is 16.0 Å². The van der Waals surface area contributed by atoms with E-state index < -0.39 is 5.41 Å². The zero-order valence-electron chi connectivity index (χ0n) is 12.1. The Labute approximate surface area is 118 Å². The van der Waals surface area contributed by atoms with Crippen LogP contribution in [0.2, 0.25) is 0 Å². The maximum atomic E-state index is 12.4. The predicted molar refractivity (Wildman–Crippen MR) is 72.2 cm³/mol. The van der Waals surface area contributed by atoms with E-state index in [1.165, 1.54) is 0 Å². The van der Waals surface area contributed by atoms with Gasteiger partial charge < -0.3 is 19.9 Å². The molecule has 20 heavy (non-hydrogen) atoms. The maximum Gasteiger partial charge on any atom is 0.228 e. The zero-order chi connectivity index (χ0) is 14.4. The van der Waals surface area contributed by atoms with Crippen molar-refractivity contribution in [2.45, 2.75) is 26.2 Å². The monoisotopic (exact) mass is 282 g/mol. The van der Waals surface area contributed by atoms with E-state index in [0.29, 0.717) is 31.3 Å². The fourth-order valence-corrected chi connectivity index (χ4v) is 2.53. The topological polar surface area (TPSA) is 89.3 Å². The lowest BCUT2D eigenvalue weighted by Crippen LogP contribution is -2.50. The Bertz CT molecular complexity index is 435. The highest BCUT2D eigenvalue weighted by atomic mass is 16.5. The Hall–Kier alpha value is -1.47. The number of hydrogen-bond acceptors (Lipinski definition) is 6. The average Bonchev–Trinajstić information content (AvgIpc) is 2.86. The van der Waals surface area contributed by atoms with E-state index in [1.54, 1.807) is 14.0 Å². The first-order valence-electron chi connectivity index (χ1n) is 6.93. The van der Waals surface area contributed by atoms with Crippen molar-refractivity contribution in [1.82, 2.24) is 20.8 Å². The standard InChI is InChI=1S/C13H22N4O3/c1-10-16-11(20-17-10)3-6-15-12(18)13(9-19-2)4-7-14-8-5-13/h14H,3-9H2,1-2H3,(H,15,18). The number of hydrogen-bond donors (Lipinski definition) is 2. The van der Waals surface area contributed by atoms with Gasteiger partial charge in [-0.15, -0.1) is 0 Å². The molecule has 0 aliphatic carbocycles. The largest absolute Gasteiger partial charge is 0.384 e. The van der Waals surface area contributed by atoms with E-state index in [9.17, 15) is 4.79 Å². The van der Waals surface area contributed by atoms with Gasteiger partial charge in [-0.3, -0.25) is 4.79 Å². The summed E-state index contributed by atoms with van der Waals surface area (Å²) < 4.78 is 10.3. The highest BCUT2D eigenvalue weighted by Crippen LogP contribution is 2.29. The number of ether oxygens (including phenoxy) is 1. The lowest BCUT2D eigenvalue weighted by Gasteiger charge is -2.35. The molecule has 1 aromatic rings. The van der Waals surface area contributed by atoms with Crippen LogP contribution in [0.15, 0.2) is 4.52 Å². The van der Waals surface area contributed by atoms with Crippen molar-refractivity contribution in [2.24, 2.45) is 5.41 Å². The fraction of sp³-hybridized carbons (Fsp3) is 0.769. The van der Waals surface area contributed by atoms with Crippen molar-refractivity contribution in [3.05, 3.63) is 11.7 Å². The summed E-state index contributed by atoms with van der Waals surface area (Å²) in [4.78, 5) is 16.5. The molecule has 2 rings (SSSR count). The van der Waals surface area contributed by atoms with Crippen LogP contribution >= 0.6 is 0 Å². The second-order valence-corrected chi connectivity index (χ2v) is 5.20. The first kappa shape index (κ1) is 14.9. The molecular formula is C13H22N4O3. The van der Waals surface area contributed by atoms with Crippen LogP contribution in [0.3, 0.4) is 0 Å². The van der Waals surface area contributed by atoms with E-state index in [2.05, 4.69) is 20.8 Å². The third-order valence-corrected chi connectivity index (χ3v) is 3.66. The van der Waals surface area contributed by atoms with Crippen LogP contribution in [0.5, 0.6) is 0 Å². The van der Waals surface area contributed by atoms with Gasteiger partial charge in [0.15, 0.2) is 5.82 Å². The average molecular weight is 282 g/mol. The summed E-state index contributed by atoms with van der Waals surface area (Å²) in [6, 6.07) is 0. The molecule has 0 radical (unpaired) electrons. The van der Waals surface area contributed by atoms with Crippen LogP contribution in [0.1, 0.15) is 24.6 Å². The van der Waals surface area contributed by atoms with E-state index in [0.717, 1.165) is 25.9 Å². The summed E-state index contributed by atoms with van der Waals surface area (Å²) in [7, 11) is 1.64. The van der Waals surface area contributed by atoms with E-state index in [4.69, 9.17) is 9.26 Å². The van der Waals surface area contributed by atoms with Gasteiger partial charge >= 0.3 is 0 Å². The fourth-order valence-electron chi connectivity index (χ4n) is 2.53. The molecule has 1 fully saturated rings. The number of piperidine rings is 1. The van der Waals surface area contributed by atoms with Gasteiger partial charge in [0, 0.05) is 20.1 Å². The van der Waals surface area contributed by atoms with E-state index in [-0.39, 0.29) is 5.91 Å². The first-order valence-corrected chi connectivity index (χ1v) is 6.93. The number of carbonyl (C=O) groups excluding carboxylic acids is 1. The van der Waals surface area contributed by atoms with Gasteiger partial charge in [0.2, 0.25) is 11.8 Å². The Kier molecular flexibility index (Phi) is 5.08. The van der Waals surface area contributed by atoms with Crippen LogP contribution in [-0.4, -0.2) is 49.4 Å². The molecule has 1 amide bonds. The van der Waals surface area contributed by atoms with Crippen molar-refractivity contribution in [3.63, 3.8) is 0 Å². The number of rotatable bonds is 6. The minimum atomic E-state index is -0.412. The molecule has 0 bridgehead atoms. The number of nitrogens with one attached hydrogen (secondary N) is 2. The number of carbonyl (C=O) groups is 1. The molecule has 0 unspecified atom stereocenters. The van der Waals surface area contributed by atoms with E-state index in [1.807, 2.05) is 0 Å². The Morgan fingerprint density at radius 2 is 2.25 bits per heavy atom. The summed E-state index contributed by atoms with van der Waals surface area (Å²) >= 11 is 0. The molecule has 2 N–H and O–H groups in total. The normalized spacial score (nSPS) is 17.9. The van der Waals surface area contributed by atoms with E-state index >= 15 is 0 Å². The minimum absolute atomic E-state index is 0.0529. The Morgan fingerprint density at radius 1 is 1.50 bits per heavy atom. The summed E-state index contributed by atoms with van der Waals surface area (Å²) in [5, 5.41) is 9.95. The SMILES string of the molecule is COCC1(C(=O)NCCc2nc(C)no2)CCNCC1. The zero-order valence-corrected chi connectivity index (χ0v) is 12.1. The molecule has 7 nitrogen and oxygen atoms in total. The molecule has 0 spiro atoms. The van der Waals surface area contributed by atoms with Gasteiger partial charge in [-0.05, 0) is 32.9 Å². The van der Waals surface area contributed by atoms with Crippen LogP contribution in [0.25, 0.3) is 0 Å². The third-order valence-electron chi connectivity index (χ3n) is 3.66. The van der Waals surface area contributed by atoms with Gasteiger partial charge in [0.1, 0.15) is 0 Å². The molecular weight excluding hydrogens is 260 g/mol. The number of nitrogens with zero attached hydrogens (tertiary/aromatic N) is 2. The molecule has 0 saturated carbocycles. The van der Waals surface area contributed by atoms with Crippen molar-refractivity contribution in [2.75, 3.05) is 33.4 Å². The summed E-state index contributed by atoms with van der Waals surface area (Å²) in [6.45, 7) is 4.42. The van der Waals surface area contributed by atoms with Gasteiger partial charge in [-0.25, -0.2) is 0 Å². The second kappa shape index (κ2) is 6.81. The second-order valence-electron chi connectivity index (χ2n) is 5.20. The number of aryl methyl sites for hydroxylation is 1. The Balaban J connectivity index is 1.85. The minimum Gasteiger partial charge on any atom is -0.384 e. The van der Waals surface area contributed by atoms with Gasteiger partial charge in [-0.1, -0.05) is 5.16 Å². The smallest absolute Gasteiger partial charge is 0.228 e. The summed E-state index contributed by atoms with van der Waals surface area (Å²) in [5.74, 6) is 1.21. The van der Waals surface area contributed by atoms with Crippen molar-refractivity contribution < 1.29 is 14.1 Å². The summed E-state index contributed by atoms with van der Waals surface area (Å²) in [5.41, 5.74) is -0.412. The highest BCUT2D eigenvalue weighted by molar-refractivity contribution is 5.83. The van der Waals surface area contributed by atoms with Crippen molar-refractivity contribution in [3.8, 4) is 0 Å². The third kappa shape index (κ3) is 3.55. The van der Waals surface area contributed by atoms with Crippen LogP contribution in [0, 0.1) is 12.3 Å². The lowest BCUT2D eigenvalue weighted by molar-refractivity contribution is -0.136. The van der Waals surface area contributed by atoms with Crippen LogP contribution < -0.4 is 10.6 Å². The Morgan fingerprint density at radius 3 is 2.85 bits per heavy atom. The van der Waals surface area contributed by atoms with Gasteiger partial charge in [0.05, 0.1) is 12.0 Å². The molecule has 7 heteroatoms. The number of amides is 1. The highest BCUT2D eigenvalue weighted by Gasteiger charge is 2.39.